The third-order valence-corrected chi connectivity index (χ3v) is 7.20. The predicted octanol–water partition coefficient (Wildman–Crippen LogP) is 4.63. The summed E-state index contributed by atoms with van der Waals surface area (Å²) < 4.78 is 32.6. The van der Waals surface area contributed by atoms with Crippen LogP contribution in [0.15, 0.2) is 65.1 Å². The van der Waals surface area contributed by atoms with Gasteiger partial charge in [0.15, 0.2) is 11.2 Å². The second kappa shape index (κ2) is 7.47. The highest BCUT2D eigenvalue weighted by Crippen LogP contribution is 2.68. The molecule has 166 valence electrons. The first-order valence-corrected chi connectivity index (χ1v) is 11.0. The van der Waals surface area contributed by atoms with Crippen LogP contribution in [-0.4, -0.2) is 30.5 Å². The van der Waals surface area contributed by atoms with Gasteiger partial charge in [-0.1, -0.05) is 40.2 Å². The monoisotopic (exact) mass is 500 g/mol. The minimum Gasteiger partial charge on any atom is -0.496 e. The van der Waals surface area contributed by atoms with Gasteiger partial charge in [-0.05, 0) is 41.8 Å². The molecule has 2 N–H and O–H groups in total. The van der Waals surface area contributed by atoms with E-state index in [0.29, 0.717) is 33.9 Å². The van der Waals surface area contributed by atoms with Crippen LogP contribution >= 0.6 is 15.9 Å². The van der Waals surface area contributed by atoms with Crippen LogP contribution in [0.4, 0.5) is 4.39 Å². The third kappa shape index (κ3) is 2.74. The van der Waals surface area contributed by atoms with Gasteiger partial charge in [-0.3, -0.25) is 0 Å². The van der Waals surface area contributed by atoms with Gasteiger partial charge in [0.25, 0.3) is 0 Å². The van der Waals surface area contributed by atoms with Crippen LogP contribution in [0.5, 0.6) is 17.2 Å². The number of rotatable bonds is 4. The summed E-state index contributed by atoms with van der Waals surface area (Å²) in [6.45, 7) is 0. The van der Waals surface area contributed by atoms with Gasteiger partial charge >= 0.3 is 0 Å². The Labute approximate surface area is 193 Å². The zero-order chi connectivity index (χ0) is 22.7. The van der Waals surface area contributed by atoms with E-state index in [2.05, 4.69) is 15.9 Å². The first kappa shape index (κ1) is 21.2. The topological polar surface area (TPSA) is 68.2 Å². The molecule has 0 amide bonds. The predicted molar refractivity (Wildman–Crippen MR) is 120 cm³/mol. The molecule has 3 aromatic carbocycles. The van der Waals surface area contributed by atoms with Crippen molar-refractivity contribution in [3.63, 3.8) is 0 Å². The van der Waals surface area contributed by atoms with E-state index in [1.54, 1.807) is 24.3 Å². The molecule has 1 aliphatic heterocycles. The number of ether oxygens (including phenoxy) is 3. The second-order valence-corrected chi connectivity index (χ2v) is 9.09. The zero-order valence-corrected chi connectivity index (χ0v) is 19.1. The number of benzene rings is 3. The summed E-state index contributed by atoms with van der Waals surface area (Å²) in [5, 5.41) is 23.6. The lowest BCUT2D eigenvalue weighted by Gasteiger charge is -2.40. The van der Waals surface area contributed by atoms with Gasteiger partial charge in [-0.2, -0.15) is 0 Å². The number of fused-ring (bicyclic) bond motifs is 3. The van der Waals surface area contributed by atoms with E-state index in [9.17, 15) is 14.6 Å². The second-order valence-electron chi connectivity index (χ2n) is 8.17. The lowest BCUT2D eigenvalue weighted by atomic mass is 9.71. The summed E-state index contributed by atoms with van der Waals surface area (Å²) in [4.78, 5) is 0. The van der Waals surface area contributed by atoms with Crippen molar-refractivity contribution >= 4 is 15.9 Å². The van der Waals surface area contributed by atoms with Crippen molar-refractivity contribution < 1.29 is 28.8 Å². The lowest BCUT2D eigenvalue weighted by Crippen LogP contribution is -2.52. The number of aliphatic hydroxyl groups is 2. The maximum Gasteiger partial charge on any atom is 0.176 e. The average molecular weight is 501 g/mol. The summed E-state index contributed by atoms with van der Waals surface area (Å²) in [6.07, 6.45) is -1.02. The van der Waals surface area contributed by atoms with Gasteiger partial charge in [-0.15, -0.1) is 0 Å². The normalized spacial score (nSPS) is 28.1. The summed E-state index contributed by atoms with van der Waals surface area (Å²) in [5.41, 5.74) is -1.61. The number of hydrogen-bond donors (Lipinski definition) is 2. The Hall–Kier alpha value is -2.61. The molecule has 0 saturated heterocycles. The Balaban J connectivity index is 1.82. The molecule has 0 spiro atoms. The molecule has 1 fully saturated rings. The van der Waals surface area contributed by atoms with Crippen LogP contribution in [0.3, 0.4) is 0 Å². The molecule has 1 aliphatic carbocycles. The molecule has 4 atom stereocenters. The number of hydrogen-bond acceptors (Lipinski definition) is 5. The summed E-state index contributed by atoms with van der Waals surface area (Å²) in [7, 11) is 3.02. The largest absolute Gasteiger partial charge is 0.496 e. The van der Waals surface area contributed by atoms with E-state index in [0.717, 1.165) is 4.47 Å². The fourth-order valence-electron chi connectivity index (χ4n) is 5.32. The molecular weight excluding hydrogens is 479 g/mol. The molecule has 0 radical (unpaired) electrons. The van der Waals surface area contributed by atoms with Crippen molar-refractivity contribution in [3.8, 4) is 17.2 Å². The van der Waals surface area contributed by atoms with E-state index in [4.69, 9.17) is 14.2 Å². The van der Waals surface area contributed by atoms with Crippen LogP contribution in [0, 0.1) is 5.82 Å². The number of halogens is 2. The summed E-state index contributed by atoms with van der Waals surface area (Å²) in [5.74, 6) is 0.258. The Morgan fingerprint density at radius 3 is 2.47 bits per heavy atom. The van der Waals surface area contributed by atoms with Crippen LogP contribution < -0.4 is 14.2 Å². The molecule has 1 saturated carbocycles. The van der Waals surface area contributed by atoms with Gasteiger partial charge < -0.3 is 24.4 Å². The van der Waals surface area contributed by atoms with Gasteiger partial charge in [0, 0.05) is 22.5 Å². The van der Waals surface area contributed by atoms with E-state index in [-0.39, 0.29) is 6.42 Å². The molecule has 3 aromatic rings. The van der Waals surface area contributed by atoms with E-state index in [1.165, 1.54) is 26.4 Å². The van der Waals surface area contributed by atoms with Crippen molar-refractivity contribution in [1.82, 2.24) is 0 Å². The molecule has 1 heterocycles. The quantitative estimate of drug-likeness (QED) is 0.546. The SMILES string of the molecule is COc1cc(OC)c2c(c1)O[C@@]1(c3ccc(Br)cc3)[C@H](c3cccc(F)c3)C[C@@H](O)[C@@]21O. The highest BCUT2D eigenvalue weighted by atomic mass is 79.9. The fraction of sp³-hybridized carbons (Fsp3) is 0.280. The van der Waals surface area contributed by atoms with Crippen LogP contribution in [0.1, 0.15) is 29.0 Å². The Morgan fingerprint density at radius 1 is 1.06 bits per heavy atom. The van der Waals surface area contributed by atoms with E-state index in [1.807, 2.05) is 24.3 Å². The van der Waals surface area contributed by atoms with Gasteiger partial charge in [0.2, 0.25) is 0 Å². The maximum atomic E-state index is 14.2. The zero-order valence-electron chi connectivity index (χ0n) is 17.5. The third-order valence-electron chi connectivity index (χ3n) is 6.67. The van der Waals surface area contributed by atoms with Crippen LogP contribution in [0.2, 0.25) is 0 Å². The van der Waals surface area contributed by atoms with Gasteiger partial charge in [0.1, 0.15) is 23.1 Å². The highest BCUT2D eigenvalue weighted by molar-refractivity contribution is 9.10. The fourth-order valence-corrected chi connectivity index (χ4v) is 5.58. The van der Waals surface area contributed by atoms with Crippen molar-refractivity contribution in [2.45, 2.75) is 29.6 Å². The van der Waals surface area contributed by atoms with Crippen LogP contribution in [0.25, 0.3) is 0 Å². The minimum absolute atomic E-state index is 0.171. The van der Waals surface area contributed by atoms with Gasteiger partial charge in [-0.25, -0.2) is 4.39 Å². The van der Waals surface area contributed by atoms with Crippen LogP contribution in [-0.2, 0) is 11.2 Å². The lowest BCUT2D eigenvalue weighted by molar-refractivity contribution is -0.150. The van der Waals surface area contributed by atoms with Crippen molar-refractivity contribution in [2.75, 3.05) is 14.2 Å². The summed E-state index contributed by atoms with van der Waals surface area (Å²) >= 11 is 3.45. The molecular formula is C25H22BrFO5. The molecule has 32 heavy (non-hydrogen) atoms. The molecule has 5 nitrogen and oxygen atoms in total. The maximum absolute atomic E-state index is 14.2. The van der Waals surface area contributed by atoms with Crippen molar-refractivity contribution in [2.24, 2.45) is 0 Å². The highest BCUT2D eigenvalue weighted by Gasteiger charge is 2.73. The molecule has 5 rings (SSSR count). The first-order chi connectivity index (χ1) is 15.3. The molecule has 0 unspecified atom stereocenters. The minimum atomic E-state index is -1.84. The summed E-state index contributed by atoms with van der Waals surface area (Å²) in [6, 6.07) is 16.9. The molecule has 7 heteroatoms. The van der Waals surface area contributed by atoms with Crippen molar-refractivity contribution in [1.29, 1.82) is 0 Å². The van der Waals surface area contributed by atoms with E-state index >= 15 is 0 Å². The Morgan fingerprint density at radius 2 is 1.81 bits per heavy atom. The van der Waals surface area contributed by atoms with Gasteiger partial charge in [0.05, 0.1) is 25.9 Å². The smallest absolute Gasteiger partial charge is 0.176 e. The molecule has 0 bridgehead atoms. The number of methoxy groups -OCH3 is 2. The van der Waals surface area contributed by atoms with E-state index < -0.39 is 29.0 Å². The standard InChI is InChI=1S/C25H22BrFO5/c1-30-18-11-20(31-2)23-21(12-18)32-25(15-6-8-16(26)9-7-15)19(13-22(28)24(23,25)29)14-4-3-5-17(27)10-14/h3-12,19,22,28-29H,13H2,1-2H3/t19-,22+,24+,25-/m0/s1. The molecule has 2 aliphatic rings. The average Bonchev–Trinajstić information content (AvgIpc) is 3.19. The number of aliphatic hydroxyl groups excluding tert-OH is 1. The Bertz CT molecular complexity index is 1180. The first-order valence-electron chi connectivity index (χ1n) is 10.2. The Kier molecular flexibility index (Phi) is 4.96. The molecule has 0 aromatic heterocycles. The van der Waals surface area contributed by atoms with Crippen molar-refractivity contribution in [3.05, 3.63) is 87.6 Å².